The molecule has 1 aromatic heterocycles. The molecule has 0 radical (unpaired) electrons. The summed E-state index contributed by atoms with van der Waals surface area (Å²) in [5.74, 6) is 0. The number of para-hydroxylation sites is 1. The Balaban J connectivity index is 2.44. The number of nitrogen functional groups attached to an aromatic ring is 1. The fourth-order valence-electron chi connectivity index (χ4n) is 1.48. The Morgan fingerprint density at radius 3 is 2.61 bits per heavy atom. The van der Waals surface area contributed by atoms with Gasteiger partial charge in [-0.3, -0.25) is 4.72 Å². The second-order valence-corrected chi connectivity index (χ2v) is 7.35. The molecule has 1 aromatic carbocycles. The third kappa shape index (κ3) is 2.52. The van der Waals surface area contributed by atoms with Gasteiger partial charge >= 0.3 is 0 Å². The lowest BCUT2D eigenvalue weighted by Gasteiger charge is -2.12. The van der Waals surface area contributed by atoms with Gasteiger partial charge in [0.15, 0.2) is 4.21 Å². The number of benzene rings is 1. The number of hydrogen-bond acceptors (Lipinski definition) is 4. The van der Waals surface area contributed by atoms with Crippen LogP contribution >= 0.6 is 27.3 Å². The predicted octanol–water partition coefficient (Wildman–Crippen LogP) is 3.20. The van der Waals surface area contributed by atoms with E-state index in [-0.39, 0.29) is 4.21 Å². The zero-order valence-electron chi connectivity index (χ0n) is 9.48. The van der Waals surface area contributed by atoms with Crippen molar-refractivity contribution in [3.05, 3.63) is 39.7 Å². The summed E-state index contributed by atoms with van der Waals surface area (Å²) in [5.41, 5.74) is 7.41. The Morgan fingerprint density at radius 1 is 1.33 bits per heavy atom. The van der Waals surface area contributed by atoms with Crippen LogP contribution in [-0.4, -0.2) is 8.42 Å². The molecule has 96 valence electrons. The van der Waals surface area contributed by atoms with Crippen molar-refractivity contribution >= 4 is 48.7 Å². The largest absolute Gasteiger partial charge is 0.397 e. The van der Waals surface area contributed by atoms with Crippen molar-refractivity contribution in [3.8, 4) is 0 Å². The van der Waals surface area contributed by atoms with Gasteiger partial charge < -0.3 is 5.73 Å². The first-order valence-electron chi connectivity index (χ1n) is 5.03. The van der Waals surface area contributed by atoms with E-state index in [0.29, 0.717) is 15.8 Å². The molecule has 0 saturated carbocycles. The molecule has 0 saturated heterocycles. The number of rotatable bonds is 3. The zero-order chi connectivity index (χ0) is 13.3. The second-order valence-electron chi connectivity index (χ2n) is 3.70. The van der Waals surface area contributed by atoms with Crippen molar-refractivity contribution in [1.82, 2.24) is 0 Å². The van der Waals surface area contributed by atoms with E-state index >= 15 is 0 Å². The quantitative estimate of drug-likeness (QED) is 0.838. The van der Waals surface area contributed by atoms with Crippen LogP contribution in [0.15, 0.2) is 38.3 Å². The van der Waals surface area contributed by atoms with Crippen molar-refractivity contribution in [2.45, 2.75) is 11.1 Å². The number of thiophene rings is 1. The number of nitrogens with one attached hydrogen (secondary N) is 1. The Bertz CT molecular complexity index is 660. The van der Waals surface area contributed by atoms with Gasteiger partial charge in [0, 0.05) is 4.47 Å². The molecule has 0 atom stereocenters. The summed E-state index contributed by atoms with van der Waals surface area (Å²) < 4.78 is 27.7. The van der Waals surface area contributed by atoms with Gasteiger partial charge in [0.1, 0.15) is 0 Å². The zero-order valence-corrected chi connectivity index (χ0v) is 12.7. The van der Waals surface area contributed by atoms with E-state index in [2.05, 4.69) is 20.7 Å². The normalized spacial score (nSPS) is 11.4. The molecule has 0 aliphatic rings. The first-order chi connectivity index (χ1) is 8.42. The van der Waals surface area contributed by atoms with Crippen molar-refractivity contribution in [2.75, 3.05) is 10.5 Å². The molecule has 0 spiro atoms. The molecule has 18 heavy (non-hydrogen) atoms. The molecule has 7 heteroatoms. The summed E-state index contributed by atoms with van der Waals surface area (Å²) in [5, 5.41) is 1.71. The molecule has 2 aromatic rings. The van der Waals surface area contributed by atoms with Crippen LogP contribution in [0.5, 0.6) is 0 Å². The molecule has 0 unspecified atom stereocenters. The van der Waals surface area contributed by atoms with Gasteiger partial charge in [0.05, 0.1) is 11.4 Å². The molecule has 0 aliphatic carbocycles. The SMILES string of the molecule is Cc1cccc(N)c1NS(=O)(=O)c1sccc1Br. The first kappa shape index (κ1) is 13.4. The molecule has 0 aliphatic heterocycles. The van der Waals surface area contributed by atoms with Gasteiger partial charge in [0.2, 0.25) is 0 Å². The highest BCUT2D eigenvalue weighted by atomic mass is 79.9. The molecule has 1 heterocycles. The van der Waals surface area contributed by atoms with Crippen molar-refractivity contribution in [2.24, 2.45) is 0 Å². The van der Waals surface area contributed by atoms with Crippen LogP contribution in [0.25, 0.3) is 0 Å². The molecule has 3 N–H and O–H groups in total. The van der Waals surface area contributed by atoms with Crippen LogP contribution in [0.1, 0.15) is 5.56 Å². The molecule has 0 fully saturated rings. The van der Waals surface area contributed by atoms with Crippen LogP contribution < -0.4 is 10.5 Å². The van der Waals surface area contributed by atoms with E-state index in [1.165, 1.54) is 0 Å². The Hall–Kier alpha value is -1.05. The average Bonchev–Trinajstić information content (AvgIpc) is 2.71. The fourth-order valence-corrected chi connectivity index (χ4v) is 4.98. The Morgan fingerprint density at radius 2 is 2.06 bits per heavy atom. The van der Waals surface area contributed by atoms with Gasteiger partial charge in [-0.15, -0.1) is 11.3 Å². The van der Waals surface area contributed by atoms with Crippen molar-refractivity contribution < 1.29 is 8.42 Å². The number of aryl methyl sites for hydroxylation is 1. The highest BCUT2D eigenvalue weighted by Crippen LogP contribution is 2.31. The van der Waals surface area contributed by atoms with E-state index in [9.17, 15) is 8.42 Å². The van der Waals surface area contributed by atoms with E-state index < -0.39 is 10.0 Å². The van der Waals surface area contributed by atoms with Crippen molar-refractivity contribution in [1.29, 1.82) is 0 Å². The molecule has 0 amide bonds. The van der Waals surface area contributed by atoms with Gasteiger partial charge in [-0.1, -0.05) is 12.1 Å². The summed E-state index contributed by atoms with van der Waals surface area (Å²) in [6.07, 6.45) is 0. The van der Waals surface area contributed by atoms with Crippen LogP contribution in [0.3, 0.4) is 0 Å². The maximum atomic E-state index is 12.2. The van der Waals surface area contributed by atoms with Crippen LogP contribution in [-0.2, 0) is 10.0 Å². The smallest absolute Gasteiger partial charge is 0.272 e. The lowest BCUT2D eigenvalue weighted by atomic mass is 10.2. The van der Waals surface area contributed by atoms with E-state index in [4.69, 9.17) is 5.73 Å². The monoisotopic (exact) mass is 346 g/mol. The van der Waals surface area contributed by atoms with Crippen LogP contribution in [0.2, 0.25) is 0 Å². The Kier molecular flexibility index (Phi) is 3.65. The summed E-state index contributed by atoms with van der Waals surface area (Å²) in [4.78, 5) is 0. The highest BCUT2D eigenvalue weighted by Gasteiger charge is 2.20. The number of nitrogens with two attached hydrogens (primary N) is 1. The van der Waals surface area contributed by atoms with E-state index in [1.54, 1.807) is 36.6 Å². The molecule has 0 bridgehead atoms. The standard InChI is InChI=1S/C11H11BrN2O2S2/c1-7-3-2-4-9(13)10(7)14-18(15,16)11-8(12)5-6-17-11/h2-6,14H,13H2,1H3. The maximum absolute atomic E-state index is 12.2. The summed E-state index contributed by atoms with van der Waals surface area (Å²) >= 11 is 4.36. The second kappa shape index (κ2) is 4.91. The molecular weight excluding hydrogens is 336 g/mol. The lowest BCUT2D eigenvalue weighted by Crippen LogP contribution is -2.14. The van der Waals surface area contributed by atoms with Gasteiger partial charge in [-0.2, -0.15) is 0 Å². The third-order valence-electron chi connectivity index (χ3n) is 2.37. The average molecular weight is 347 g/mol. The summed E-state index contributed by atoms with van der Waals surface area (Å²) in [7, 11) is -3.60. The minimum absolute atomic E-state index is 0.241. The first-order valence-corrected chi connectivity index (χ1v) is 8.18. The lowest BCUT2D eigenvalue weighted by molar-refractivity contribution is 0.603. The minimum Gasteiger partial charge on any atom is -0.397 e. The fraction of sp³-hybridized carbons (Fsp3) is 0.0909. The number of halogens is 1. The van der Waals surface area contributed by atoms with Crippen LogP contribution in [0, 0.1) is 6.92 Å². The number of hydrogen-bond donors (Lipinski definition) is 2. The minimum atomic E-state index is -3.60. The topological polar surface area (TPSA) is 72.2 Å². The van der Waals surface area contributed by atoms with Crippen molar-refractivity contribution in [3.63, 3.8) is 0 Å². The van der Waals surface area contributed by atoms with E-state index in [0.717, 1.165) is 16.9 Å². The molecule has 2 rings (SSSR count). The maximum Gasteiger partial charge on any atom is 0.272 e. The highest BCUT2D eigenvalue weighted by molar-refractivity contribution is 9.10. The number of anilines is 2. The number of sulfonamides is 1. The Labute approximate surface area is 118 Å². The third-order valence-corrected chi connectivity index (χ3v) is 6.39. The van der Waals surface area contributed by atoms with Gasteiger partial charge in [0.25, 0.3) is 10.0 Å². The predicted molar refractivity (Wildman–Crippen MR) is 78.4 cm³/mol. The summed E-state index contributed by atoms with van der Waals surface area (Å²) in [6.45, 7) is 1.80. The van der Waals surface area contributed by atoms with Gasteiger partial charge in [-0.25, -0.2) is 8.42 Å². The summed E-state index contributed by atoms with van der Waals surface area (Å²) in [6, 6.07) is 6.94. The van der Waals surface area contributed by atoms with Crippen LogP contribution in [0.4, 0.5) is 11.4 Å². The van der Waals surface area contributed by atoms with E-state index in [1.807, 2.05) is 0 Å². The molecule has 4 nitrogen and oxygen atoms in total. The van der Waals surface area contributed by atoms with Gasteiger partial charge in [-0.05, 0) is 45.9 Å². The molecular formula is C11H11BrN2O2S2.